The number of ether oxygens (including phenoxy) is 24. The first-order valence-electron chi connectivity index (χ1n) is 47.1. The summed E-state index contributed by atoms with van der Waals surface area (Å²) in [6.45, 7) is 24.6. The van der Waals surface area contributed by atoms with Crippen molar-refractivity contribution in [2.24, 2.45) is 17.8 Å². The van der Waals surface area contributed by atoms with Gasteiger partial charge in [0.15, 0.2) is 5.78 Å². The van der Waals surface area contributed by atoms with Crippen molar-refractivity contribution in [2.45, 2.75) is 199 Å². The number of carboxylic acid groups (broad SMARTS) is 3. The molecule has 126 heavy (non-hydrogen) atoms. The summed E-state index contributed by atoms with van der Waals surface area (Å²) in [6, 6.07) is -1.07. The lowest BCUT2D eigenvalue weighted by molar-refractivity contribution is -0.145. The van der Waals surface area contributed by atoms with E-state index in [0.29, 0.717) is 336 Å². The van der Waals surface area contributed by atoms with Crippen molar-refractivity contribution in [2.75, 3.05) is 324 Å². The van der Waals surface area contributed by atoms with Gasteiger partial charge in [0.25, 0.3) is 0 Å². The Morgan fingerprint density at radius 3 is 0.762 bits per heavy atom. The lowest BCUT2D eigenvalue weighted by Gasteiger charge is -2.28. The van der Waals surface area contributed by atoms with Crippen molar-refractivity contribution in [3.63, 3.8) is 0 Å². The minimum Gasteiger partial charge on any atom is -0.481 e. The second-order valence-electron chi connectivity index (χ2n) is 30.2. The minimum atomic E-state index is -1.19. The molecule has 0 bridgehead atoms. The third-order valence-electron chi connectivity index (χ3n) is 19.8. The number of hydrogen-bond donors (Lipinski definition) is 5. The molecule has 2 atom stereocenters. The molecule has 1 aliphatic rings. The zero-order valence-corrected chi connectivity index (χ0v) is 77.0. The summed E-state index contributed by atoms with van der Waals surface area (Å²) in [4.78, 5) is 86.4. The van der Waals surface area contributed by atoms with Crippen LogP contribution in [0.15, 0.2) is 0 Å². The third kappa shape index (κ3) is 90.3. The van der Waals surface area contributed by atoms with E-state index >= 15 is 0 Å². The van der Waals surface area contributed by atoms with E-state index in [-0.39, 0.29) is 87.5 Å². The number of carbonyl (C=O) groups excluding carboxylic acids is 4. The van der Waals surface area contributed by atoms with Crippen molar-refractivity contribution >= 4 is 41.3 Å². The van der Waals surface area contributed by atoms with Crippen molar-refractivity contribution in [3.05, 3.63) is 0 Å². The standard InChI is InChI=1S/C90H168N2O34/c1-2-103-32-33-105-36-37-107-40-41-109-44-45-111-48-49-113-52-53-115-56-57-117-60-61-119-64-65-121-68-69-123-72-73-125-76-77-126-75-74-124-71-70-122-67-66-120-63-62-118-59-58-116-55-54-114-51-50-112-47-46-110-43-42-108-39-38-106-35-34-104-31-19-20-84(93)83(28-30-89(99)100)92-87(96)29-27-82(90(101)102)78-85(94)81-25-23-80(24-26-81)79-91-86(95)21-17-15-13-11-9-7-5-3-4-6-8-10-12-14-16-18-22-88(97)98/h80-83H,2-79H2,1H3,(H,91,95)(H,92,96)(H,97,98)(H,99,100)(H,101,102). The number of hydrogen-bond acceptors (Lipinski definition) is 31. The van der Waals surface area contributed by atoms with E-state index in [9.17, 15) is 43.8 Å². The fourth-order valence-electron chi connectivity index (χ4n) is 12.7. The van der Waals surface area contributed by atoms with Crippen LogP contribution in [0.25, 0.3) is 0 Å². The maximum atomic E-state index is 13.3. The fraction of sp³-hybridized carbons (Fsp3) is 0.922. The summed E-state index contributed by atoms with van der Waals surface area (Å²) in [5, 5.41) is 33.7. The molecule has 0 aromatic heterocycles. The number of amides is 2. The molecule has 1 rings (SSSR count). The molecule has 0 aromatic rings. The van der Waals surface area contributed by atoms with E-state index < -0.39 is 35.8 Å². The molecule has 0 heterocycles. The van der Waals surface area contributed by atoms with Gasteiger partial charge in [0.1, 0.15) is 5.78 Å². The molecule has 0 spiro atoms. The van der Waals surface area contributed by atoms with Gasteiger partial charge in [-0.1, -0.05) is 89.9 Å². The second-order valence-corrected chi connectivity index (χ2v) is 30.2. The molecule has 0 aromatic carbocycles. The van der Waals surface area contributed by atoms with Gasteiger partial charge in [-0.25, -0.2) is 0 Å². The van der Waals surface area contributed by atoms with Crippen LogP contribution in [0.3, 0.4) is 0 Å². The van der Waals surface area contributed by atoms with Crippen LogP contribution in [0.5, 0.6) is 0 Å². The van der Waals surface area contributed by atoms with Crippen LogP contribution >= 0.6 is 0 Å². The summed E-state index contributed by atoms with van der Waals surface area (Å²) in [7, 11) is 0. The van der Waals surface area contributed by atoms with Gasteiger partial charge >= 0.3 is 17.9 Å². The summed E-state index contributed by atoms with van der Waals surface area (Å²) >= 11 is 0. The van der Waals surface area contributed by atoms with Gasteiger partial charge in [0, 0.05) is 64.2 Å². The zero-order valence-electron chi connectivity index (χ0n) is 77.0. The first-order valence-corrected chi connectivity index (χ1v) is 47.1. The highest BCUT2D eigenvalue weighted by atomic mass is 16.6. The maximum absolute atomic E-state index is 13.3. The highest BCUT2D eigenvalue weighted by Crippen LogP contribution is 2.31. The van der Waals surface area contributed by atoms with Gasteiger partial charge < -0.3 is 140 Å². The van der Waals surface area contributed by atoms with Crippen LogP contribution in [0.4, 0.5) is 0 Å². The van der Waals surface area contributed by atoms with Crippen molar-refractivity contribution in [1.82, 2.24) is 10.6 Å². The van der Waals surface area contributed by atoms with Crippen molar-refractivity contribution in [3.8, 4) is 0 Å². The number of Topliss-reactive ketones (excluding diaryl/α,β-unsaturated/α-hetero) is 2. The van der Waals surface area contributed by atoms with Gasteiger partial charge in [-0.15, -0.1) is 0 Å². The van der Waals surface area contributed by atoms with Gasteiger partial charge in [-0.05, 0) is 70.6 Å². The van der Waals surface area contributed by atoms with E-state index in [1.807, 2.05) is 6.92 Å². The maximum Gasteiger partial charge on any atom is 0.306 e. The van der Waals surface area contributed by atoms with E-state index in [2.05, 4.69) is 10.6 Å². The van der Waals surface area contributed by atoms with Crippen molar-refractivity contribution in [1.29, 1.82) is 0 Å². The van der Waals surface area contributed by atoms with E-state index in [1.165, 1.54) is 64.2 Å². The molecule has 742 valence electrons. The molecule has 1 saturated carbocycles. The van der Waals surface area contributed by atoms with Crippen LogP contribution in [0.1, 0.15) is 193 Å². The largest absolute Gasteiger partial charge is 0.481 e. The number of carbonyl (C=O) groups is 7. The van der Waals surface area contributed by atoms with Crippen LogP contribution in [-0.2, 0) is 147 Å². The molecule has 1 fully saturated rings. The summed E-state index contributed by atoms with van der Waals surface area (Å²) in [5.41, 5.74) is 0. The highest BCUT2D eigenvalue weighted by molar-refractivity contribution is 5.90. The first-order chi connectivity index (χ1) is 61.9. The Balaban J connectivity index is 1.82. The smallest absolute Gasteiger partial charge is 0.306 e. The molecule has 2 amide bonds. The fourth-order valence-corrected chi connectivity index (χ4v) is 12.7. The number of aliphatic carboxylic acids is 3. The molecule has 1 aliphatic carbocycles. The van der Waals surface area contributed by atoms with Crippen LogP contribution in [-0.4, -0.2) is 386 Å². The SMILES string of the molecule is CCOCCOCCOCCOCCOCCOCCOCCOCCOCCOCCOCCOCCOCCOCCOCCOCCOCCOCCOCCOCCOCCOCCOCCOCCCC(=O)C(CCC(=O)O)NC(=O)CCC(CC(=O)C1CCC(CNC(=O)CCCCCCCCCCCCCCCCCCC(=O)O)CC1)C(=O)O. The number of rotatable bonds is 107. The van der Waals surface area contributed by atoms with Gasteiger partial charge in [0.05, 0.1) is 316 Å². The Labute approximate surface area is 752 Å². The predicted octanol–water partition coefficient (Wildman–Crippen LogP) is 8.57. The monoisotopic (exact) mass is 1820 g/mol. The second kappa shape index (κ2) is 98.2. The van der Waals surface area contributed by atoms with Crippen LogP contribution < -0.4 is 10.6 Å². The quantitative estimate of drug-likeness (QED) is 0.0356. The van der Waals surface area contributed by atoms with Crippen LogP contribution in [0.2, 0.25) is 0 Å². The Morgan fingerprint density at radius 2 is 0.508 bits per heavy atom. The van der Waals surface area contributed by atoms with Crippen molar-refractivity contribution < 1.29 is 163 Å². The molecule has 5 N–H and O–H groups in total. The molecular weight excluding hydrogens is 1650 g/mol. The molecular formula is C90H168N2O34. The number of unbranched alkanes of at least 4 members (excludes halogenated alkanes) is 15. The van der Waals surface area contributed by atoms with Crippen LogP contribution in [0, 0.1) is 17.8 Å². The molecule has 0 aliphatic heterocycles. The normalized spacial score (nSPS) is 14.0. The Bertz CT molecular complexity index is 2390. The molecule has 36 nitrogen and oxygen atoms in total. The summed E-state index contributed by atoms with van der Waals surface area (Å²) in [5.74, 6) is -5.19. The van der Waals surface area contributed by atoms with E-state index in [4.69, 9.17) is 119 Å². The summed E-state index contributed by atoms with van der Waals surface area (Å²) in [6.07, 6.45) is 21.3. The Morgan fingerprint density at radius 1 is 0.262 bits per heavy atom. The average molecular weight is 1820 g/mol. The highest BCUT2D eigenvalue weighted by Gasteiger charge is 2.31. The topological polar surface area (TPSA) is 426 Å². The molecule has 0 saturated heterocycles. The van der Waals surface area contributed by atoms with E-state index in [1.54, 1.807) is 0 Å². The van der Waals surface area contributed by atoms with Gasteiger partial charge in [0.2, 0.25) is 11.8 Å². The third-order valence-corrected chi connectivity index (χ3v) is 19.8. The summed E-state index contributed by atoms with van der Waals surface area (Å²) < 4.78 is 132. The van der Waals surface area contributed by atoms with E-state index in [0.717, 1.165) is 51.4 Å². The zero-order chi connectivity index (χ0) is 90.9. The molecule has 0 radical (unpaired) electrons. The van der Waals surface area contributed by atoms with Gasteiger partial charge in [-0.2, -0.15) is 0 Å². The molecule has 36 heteroatoms. The number of nitrogens with one attached hydrogen (secondary N) is 2. The Kier molecular flexibility index (Phi) is 93.4. The number of ketones is 2. The Hall–Kier alpha value is -4.27. The lowest BCUT2D eigenvalue weighted by atomic mass is 9.78. The minimum absolute atomic E-state index is 0.0272. The number of carboxylic acids is 3. The average Bonchev–Trinajstić information content (AvgIpc) is 0.867. The molecule has 2 unspecified atom stereocenters. The van der Waals surface area contributed by atoms with Gasteiger partial charge in [-0.3, -0.25) is 33.6 Å². The predicted molar refractivity (Wildman–Crippen MR) is 468 cm³/mol. The lowest BCUT2D eigenvalue weighted by Crippen LogP contribution is -2.41. The first kappa shape index (κ1) is 120.